The average molecular weight is 310 g/mol. The first-order chi connectivity index (χ1) is 10.5. The lowest BCUT2D eigenvalue weighted by atomic mass is 10.1. The van der Waals surface area contributed by atoms with E-state index in [-0.39, 0.29) is 0 Å². The van der Waals surface area contributed by atoms with Crippen LogP contribution in [0.4, 0.5) is 0 Å². The predicted octanol–water partition coefficient (Wildman–Crippen LogP) is 1.24. The van der Waals surface area contributed by atoms with Crippen molar-refractivity contribution < 1.29 is 4.74 Å². The lowest BCUT2D eigenvalue weighted by molar-refractivity contribution is 0.128. The summed E-state index contributed by atoms with van der Waals surface area (Å²) in [5.41, 5.74) is 0. The average Bonchev–Trinajstić information content (AvgIpc) is 2.79. The summed E-state index contributed by atoms with van der Waals surface area (Å²) < 4.78 is 7.53. The molecule has 0 saturated heterocycles. The summed E-state index contributed by atoms with van der Waals surface area (Å²) in [5, 5.41) is 14.6. The number of aromatic nitrogens is 3. The molecule has 0 atom stereocenters. The standard InChI is InChI=1S/C15H30N6O/c1-6-16-15(17-8-10-22-9-7-12(2)3)18-11-14-20-19-13(4)21(14)5/h12H,6-11H2,1-5H3,(H2,16,17,18). The van der Waals surface area contributed by atoms with E-state index in [9.17, 15) is 0 Å². The Morgan fingerprint density at radius 2 is 2.05 bits per heavy atom. The Bertz CT molecular complexity index is 455. The van der Waals surface area contributed by atoms with Gasteiger partial charge in [-0.3, -0.25) is 0 Å². The molecule has 22 heavy (non-hydrogen) atoms. The number of nitrogens with zero attached hydrogens (tertiary/aromatic N) is 4. The van der Waals surface area contributed by atoms with E-state index in [1.54, 1.807) is 0 Å². The second-order valence-corrected chi connectivity index (χ2v) is 5.64. The van der Waals surface area contributed by atoms with E-state index in [2.05, 4.69) is 39.7 Å². The Morgan fingerprint density at radius 1 is 1.27 bits per heavy atom. The van der Waals surface area contributed by atoms with Crippen LogP contribution in [0.2, 0.25) is 0 Å². The molecule has 126 valence electrons. The molecular formula is C15H30N6O. The Kier molecular flexibility index (Phi) is 8.50. The summed E-state index contributed by atoms with van der Waals surface area (Å²) in [6.45, 7) is 11.9. The van der Waals surface area contributed by atoms with Gasteiger partial charge in [0, 0.05) is 26.7 Å². The monoisotopic (exact) mass is 310 g/mol. The van der Waals surface area contributed by atoms with Crippen molar-refractivity contribution in [3.05, 3.63) is 11.6 Å². The first-order valence-electron chi connectivity index (χ1n) is 7.99. The van der Waals surface area contributed by atoms with E-state index < -0.39 is 0 Å². The fourth-order valence-corrected chi connectivity index (χ4v) is 1.74. The first kappa shape index (κ1) is 18.4. The third kappa shape index (κ3) is 6.89. The van der Waals surface area contributed by atoms with Crippen molar-refractivity contribution in [1.82, 2.24) is 25.4 Å². The number of guanidine groups is 1. The fourth-order valence-electron chi connectivity index (χ4n) is 1.74. The second-order valence-electron chi connectivity index (χ2n) is 5.64. The van der Waals surface area contributed by atoms with E-state index >= 15 is 0 Å². The number of ether oxygens (including phenoxy) is 1. The molecule has 1 heterocycles. The quantitative estimate of drug-likeness (QED) is 0.408. The first-order valence-corrected chi connectivity index (χ1v) is 7.99. The smallest absolute Gasteiger partial charge is 0.191 e. The van der Waals surface area contributed by atoms with Crippen molar-refractivity contribution in [2.75, 3.05) is 26.3 Å². The van der Waals surface area contributed by atoms with Crippen LogP contribution < -0.4 is 10.6 Å². The van der Waals surface area contributed by atoms with Gasteiger partial charge in [0.2, 0.25) is 0 Å². The van der Waals surface area contributed by atoms with Gasteiger partial charge in [-0.05, 0) is 26.2 Å². The zero-order chi connectivity index (χ0) is 16.4. The Balaban J connectivity index is 2.34. The van der Waals surface area contributed by atoms with Crippen molar-refractivity contribution in [3.8, 4) is 0 Å². The third-order valence-electron chi connectivity index (χ3n) is 3.28. The van der Waals surface area contributed by atoms with Crippen molar-refractivity contribution in [1.29, 1.82) is 0 Å². The topological polar surface area (TPSA) is 76.4 Å². The molecule has 1 aromatic heterocycles. The van der Waals surface area contributed by atoms with Gasteiger partial charge in [0.25, 0.3) is 0 Å². The predicted molar refractivity (Wildman–Crippen MR) is 88.8 cm³/mol. The van der Waals surface area contributed by atoms with Crippen LogP contribution in [-0.2, 0) is 18.3 Å². The van der Waals surface area contributed by atoms with Gasteiger partial charge in [-0.15, -0.1) is 10.2 Å². The lowest BCUT2D eigenvalue weighted by Gasteiger charge is -2.12. The molecule has 0 aliphatic rings. The molecule has 7 heteroatoms. The molecule has 0 radical (unpaired) electrons. The molecule has 0 aliphatic heterocycles. The van der Waals surface area contributed by atoms with Crippen LogP contribution >= 0.6 is 0 Å². The SMILES string of the molecule is CCNC(=NCc1nnc(C)n1C)NCCOCCC(C)C. The summed E-state index contributed by atoms with van der Waals surface area (Å²) in [5.74, 6) is 3.20. The van der Waals surface area contributed by atoms with Gasteiger partial charge in [0.05, 0.1) is 6.61 Å². The molecular weight excluding hydrogens is 280 g/mol. The zero-order valence-corrected chi connectivity index (χ0v) is 14.5. The third-order valence-corrected chi connectivity index (χ3v) is 3.28. The maximum absolute atomic E-state index is 5.59. The molecule has 2 N–H and O–H groups in total. The molecule has 1 aromatic rings. The summed E-state index contributed by atoms with van der Waals surface area (Å²) in [7, 11) is 1.95. The van der Waals surface area contributed by atoms with Gasteiger partial charge in [-0.1, -0.05) is 13.8 Å². The Morgan fingerprint density at radius 3 is 2.64 bits per heavy atom. The second kappa shape index (κ2) is 10.2. The summed E-state index contributed by atoms with van der Waals surface area (Å²) >= 11 is 0. The highest BCUT2D eigenvalue weighted by molar-refractivity contribution is 5.79. The van der Waals surface area contributed by atoms with E-state index in [4.69, 9.17) is 4.74 Å². The van der Waals surface area contributed by atoms with Gasteiger partial charge in [0.1, 0.15) is 12.4 Å². The maximum atomic E-state index is 5.59. The number of aryl methyl sites for hydroxylation is 1. The number of aliphatic imine (C=N–C) groups is 1. The minimum absolute atomic E-state index is 0.501. The van der Waals surface area contributed by atoms with Gasteiger partial charge in [-0.25, -0.2) is 4.99 Å². The van der Waals surface area contributed by atoms with Gasteiger partial charge in [0.15, 0.2) is 11.8 Å². The minimum atomic E-state index is 0.501. The molecule has 0 saturated carbocycles. The molecule has 0 aromatic carbocycles. The molecule has 0 amide bonds. The molecule has 0 spiro atoms. The van der Waals surface area contributed by atoms with E-state index in [0.717, 1.165) is 43.7 Å². The summed E-state index contributed by atoms with van der Waals surface area (Å²) in [4.78, 5) is 4.52. The largest absolute Gasteiger partial charge is 0.380 e. The van der Waals surface area contributed by atoms with Crippen LogP contribution in [0.1, 0.15) is 38.8 Å². The Labute approximate surface area is 133 Å². The van der Waals surface area contributed by atoms with Gasteiger partial charge in [-0.2, -0.15) is 0 Å². The summed E-state index contributed by atoms with van der Waals surface area (Å²) in [6.07, 6.45) is 1.10. The van der Waals surface area contributed by atoms with Crippen LogP contribution in [-0.4, -0.2) is 47.0 Å². The Hall–Kier alpha value is -1.63. The number of hydrogen-bond acceptors (Lipinski definition) is 4. The number of hydrogen-bond donors (Lipinski definition) is 2. The molecule has 0 unspecified atom stereocenters. The van der Waals surface area contributed by atoms with Crippen molar-refractivity contribution >= 4 is 5.96 Å². The highest BCUT2D eigenvalue weighted by atomic mass is 16.5. The van der Waals surface area contributed by atoms with Gasteiger partial charge >= 0.3 is 0 Å². The normalized spacial score (nSPS) is 12.0. The molecule has 0 fully saturated rings. The number of nitrogens with one attached hydrogen (secondary N) is 2. The van der Waals surface area contributed by atoms with Crippen LogP contribution in [0.15, 0.2) is 4.99 Å². The van der Waals surface area contributed by atoms with Crippen LogP contribution in [0.3, 0.4) is 0 Å². The van der Waals surface area contributed by atoms with Crippen LogP contribution in [0, 0.1) is 12.8 Å². The fraction of sp³-hybridized carbons (Fsp3) is 0.800. The van der Waals surface area contributed by atoms with E-state index in [0.29, 0.717) is 19.1 Å². The van der Waals surface area contributed by atoms with Crippen LogP contribution in [0.25, 0.3) is 0 Å². The molecule has 1 rings (SSSR count). The van der Waals surface area contributed by atoms with E-state index in [1.165, 1.54) is 0 Å². The zero-order valence-electron chi connectivity index (χ0n) is 14.5. The summed E-state index contributed by atoms with van der Waals surface area (Å²) in [6, 6.07) is 0. The minimum Gasteiger partial charge on any atom is -0.380 e. The van der Waals surface area contributed by atoms with Crippen molar-refractivity contribution in [2.45, 2.75) is 40.7 Å². The maximum Gasteiger partial charge on any atom is 0.191 e. The van der Waals surface area contributed by atoms with Crippen LogP contribution in [0.5, 0.6) is 0 Å². The molecule has 7 nitrogen and oxygen atoms in total. The van der Waals surface area contributed by atoms with E-state index in [1.807, 2.05) is 25.5 Å². The van der Waals surface area contributed by atoms with Gasteiger partial charge < -0.3 is 19.9 Å². The highest BCUT2D eigenvalue weighted by Gasteiger charge is 2.04. The number of rotatable bonds is 9. The lowest BCUT2D eigenvalue weighted by Crippen LogP contribution is -2.39. The highest BCUT2D eigenvalue weighted by Crippen LogP contribution is 1.99. The van der Waals surface area contributed by atoms with Crippen molar-refractivity contribution in [2.24, 2.45) is 18.0 Å². The molecule has 0 aliphatic carbocycles. The molecule has 0 bridgehead atoms. The van der Waals surface area contributed by atoms with Crippen molar-refractivity contribution in [3.63, 3.8) is 0 Å².